The van der Waals surface area contributed by atoms with Crippen LogP contribution in [-0.4, -0.2) is 54.4 Å². The van der Waals surface area contributed by atoms with Gasteiger partial charge in [0.15, 0.2) is 6.61 Å². The fourth-order valence-electron chi connectivity index (χ4n) is 2.50. The van der Waals surface area contributed by atoms with Crippen molar-refractivity contribution in [3.05, 3.63) is 29.8 Å². The molecule has 1 heterocycles. The molecule has 1 aromatic rings. The minimum absolute atomic E-state index is 0.0425. The van der Waals surface area contributed by atoms with Crippen LogP contribution in [0.1, 0.15) is 26.3 Å². The van der Waals surface area contributed by atoms with Crippen LogP contribution in [0.3, 0.4) is 0 Å². The molecule has 1 fully saturated rings. The smallest absolute Gasteiger partial charge is 0.260 e. The number of hydrogen-bond donors (Lipinski definition) is 0. The van der Waals surface area contributed by atoms with Gasteiger partial charge in [0.1, 0.15) is 5.75 Å². The van der Waals surface area contributed by atoms with Crippen molar-refractivity contribution in [1.82, 2.24) is 9.80 Å². The summed E-state index contributed by atoms with van der Waals surface area (Å²) in [6.45, 7) is 7.82. The van der Waals surface area contributed by atoms with Crippen molar-refractivity contribution >= 4 is 11.8 Å². The highest BCUT2D eigenvalue weighted by atomic mass is 16.5. The first-order chi connectivity index (χ1) is 11.3. The van der Waals surface area contributed by atoms with Crippen molar-refractivity contribution in [3.63, 3.8) is 0 Å². The fourth-order valence-corrected chi connectivity index (χ4v) is 2.50. The van der Waals surface area contributed by atoms with Crippen molar-refractivity contribution in [2.45, 2.75) is 20.8 Å². The molecule has 6 heteroatoms. The maximum Gasteiger partial charge on any atom is 0.260 e. The number of benzene rings is 1. The molecule has 2 rings (SSSR count). The number of carbonyl (C=O) groups is 2. The van der Waals surface area contributed by atoms with E-state index >= 15 is 0 Å². The second-order valence-electron chi connectivity index (χ2n) is 6.85. The van der Waals surface area contributed by atoms with E-state index in [9.17, 15) is 9.59 Å². The third-order valence-corrected chi connectivity index (χ3v) is 3.91. The van der Waals surface area contributed by atoms with Crippen LogP contribution in [0.25, 0.3) is 0 Å². The van der Waals surface area contributed by atoms with E-state index in [1.165, 1.54) is 0 Å². The summed E-state index contributed by atoms with van der Waals surface area (Å²) in [6, 6.07) is 8.68. The van der Waals surface area contributed by atoms with Gasteiger partial charge in [0, 0.05) is 31.6 Å². The zero-order chi connectivity index (χ0) is 17.7. The molecule has 0 aliphatic carbocycles. The van der Waals surface area contributed by atoms with E-state index in [0.29, 0.717) is 37.5 Å². The fraction of sp³-hybridized carbons (Fsp3) is 0.500. The van der Waals surface area contributed by atoms with Crippen molar-refractivity contribution in [2.75, 3.05) is 32.8 Å². The second kappa shape index (κ2) is 7.35. The monoisotopic (exact) mass is 329 g/mol. The number of rotatable bonds is 3. The third kappa shape index (κ3) is 4.48. The molecule has 0 unspecified atom stereocenters. The molecular weight excluding hydrogens is 306 g/mol. The lowest BCUT2D eigenvalue weighted by atomic mass is 9.94. The Labute approximate surface area is 142 Å². The molecule has 0 atom stereocenters. The van der Waals surface area contributed by atoms with Gasteiger partial charge in [-0.05, 0) is 24.3 Å². The Morgan fingerprint density at radius 2 is 1.62 bits per heavy atom. The summed E-state index contributed by atoms with van der Waals surface area (Å²) in [6.07, 6.45) is 0. The lowest BCUT2D eigenvalue weighted by Gasteiger charge is -2.37. The van der Waals surface area contributed by atoms with Gasteiger partial charge in [-0.1, -0.05) is 20.8 Å². The molecule has 2 amide bonds. The zero-order valence-electron chi connectivity index (χ0n) is 14.4. The maximum atomic E-state index is 12.2. The van der Waals surface area contributed by atoms with Crippen LogP contribution < -0.4 is 4.74 Å². The topological polar surface area (TPSA) is 73.6 Å². The van der Waals surface area contributed by atoms with Crippen molar-refractivity contribution in [2.24, 2.45) is 5.41 Å². The second-order valence-corrected chi connectivity index (χ2v) is 6.85. The molecule has 1 aromatic carbocycles. The predicted molar refractivity (Wildman–Crippen MR) is 89.3 cm³/mol. The average molecular weight is 329 g/mol. The summed E-state index contributed by atoms with van der Waals surface area (Å²) in [5.74, 6) is 0.578. The lowest BCUT2D eigenvalue weighted by molar-refractivity contribution is -0.145. The highest BCUT2D eigenvalue weighted by Gasteiger charge is 2.30. The molecule has 1 aliphatic rings. The molecule has 24 heavy (non-hydrogen) atoms. The molecule has 0 bridgehead atoms. The van der Waals surface area contributed by atoms with Crippen molar-refractivity contribution in [3.8, 4) is 11.8 Å². The Kier molecular flexibility index (Phi) is 5.45. The molecule has 1 saturated heterocycles. The van der Waals surface area contributed by atoms with E-state index in [-0.39, 0.29) is 18.4 Å². The van der Waals surface area contributed by atoms with Gasteiger partial charge < -0.3 is 14.5 Å². The Morgan fingerprint density at radius 1 is 1.08 bits per heavy atom. The van der Waals surface area contributed by atoms with E-state index in [2.05, 4.69) is 0 Å². The standard InChI is InChI=1S/C18H23N3O3/c1-18(2,3)17(23)21-10-8-20(9-11-21)16(22)13-24-15-6-4-14(12-19)5-7-15/h4-7H,8-11,13H2,1-3H3. The summed E-state index contributed by atoms with van der Waals surface area (Å²) in [5, 5.41) is 8.75. The van der Waals surface area contributed by atoms with Gasteiger partial charge in [0.25, 0.3) is 5.91 Å². The Morgan fingerprint density at radius 3 is 2.12 bits per heavy atom. The van der Waals surface area contributed by atoms with Crippen LogP contribution in [0.2, 0.25) is 0 Å². The van der Waals surface area contributed by atoms with Crippen LogP contribution >= 0.6 is 0 Å². The minimum atomic E-state index is -0.398. The lowest BCUT2D eigenvalue weighted by Crippen LogP contribution is -2.53. The van der Waals surface area contributed by atoms with Crippen LogP contribution in [0.15, 0.2) is 24.3 Å². The Bertz CT molecular complexity index is 633. The van der Waals surface area contributed by atoms with Gasteiger partial charge >= 0.3 is 0 Å². The number of carbonyl (C=O) groups excluding carboxylic acids is 2. The number of hydrogen-bond acceptors (Lipinski definition) is 4. The van der Waals surface area contributed by atoms with E-state index < -0.39 is 5.41 Å². The summed E-state index contributed by atoms with van der Waals surface area (Å²) >= 11 is 0. The third-order valence-electron chi connectivity index (χ3n) is 3.91. The Hall–Kier alpha value is -2.55. The highest BCUT2D eigenvalue weighted by Crippen LogP contribution is 2.18. The number of amides is 2. The molecule has 0 radical (unpaired) electrons. The summed E-state index contributed by atoms with van der Waals surface area (Å²) in [4.78, 5) is 28.0. The molecule has 0 saturated carbocycles. The minimum Gasteiger partial charge on any atom is -0.484 e. The molecule has 0 aromatic heterocycles. The molecule has 128 valence electrons. The van der Waals surface area contributed by atoms with Gasteiger partial charge in [0.2, 0.25) is 5.91 Å². The van der Waals surface area contributed by atoms with Crippen LogP contribution in [-0.2, 0) is 9.59 Å². The quantitative estimate of drug-likeness (QED) is 0.845. The van der Waals surface area contributed by atoms with Gasteiger partial charge in [-0.3, -0.25) is 9.59 Å². The molecule has 1 aliphatic heterocycles. The van der Waals surface area contributed by atoms with Gasteiger partial charge in [0.05, 0.1) is 11.6 Å². The first-order valence-corrected chi connectivity index (χ1v) is 8.01. The Balaban J connectivity index is 1.80. The van der Waals surface area contributed by atoms with Crippen molar-refractivity contribution in [1.29, 1.82) is 5.26 Å². The summed E-state index contributed by atoms with van der Waals surface area (Å²) in [7, 11) is 0. The number of nitriles is 1. The van der Waals surface area contributed by atoms with E-state index in [4.69, 9.17) is 10.00 Å². The van der Waals surface area contributed by atoms with Crippen LogP contribution in [0, 0.1) is 16.7 Å². The number of piperazine rings is 1. The predicted octanol–water partition coefficient (Wildman–Crippen LogP) is 1.65. The van der Waals surface area contributed by atoms with Gasteiger partial charge in [-0.25, -0.2) is 0 Å². The maximum absolute atomic E-state index is 12.2. The van der Waals surface area contributed by atoms with Gasteiger partial charge in [-0.15, -0.1) is 0 Å². The van der Waals surface area contributed by atoms with E-state index in [0.717, 1.165) is 0 Å². The van der Waals surface area contributed by atoms with E-state index in [1.807, 2.05) is 31.7 Å². The first kappa shape index (κ1) is 17.8. The summed E-state index contributed by atoms with van der Waals surface area (Å²) < 4.78 is 5.47. The normalized spacial score (nSPS) is 14.9. The van der Waals surface area contributed by atoms with Gasteiger partial charge in [-0.2, -0.15) is 5.26 Å². The van der Waals surface area contributed by atoms with Crippen LogP contribution in [0.5, 0.6) is 5.75 Å². The molecular formula is C18H23N3O3. The van der Waals surface area contributed by atoms with Crippen LogP contribution in [0.4, 0.5) is 0 Å². The molecule has 0 spiro atoms. The average Bonchev–Trinajstić information content (AvgIpc) is 2.58. The number of ether oxygens (including phenoxy) is 1. The first-order valence-electron chi connectivity index (χ1n) is 8.01. The SMILES string of the molecule is CC(C)(C)C(=O)N1CCN(C(=O)COc2ccc(C#N)cc2)CC1. The molecule has 6 nitrogen and oxygen atoms in total. The molecule has 0 N–H and O–H groups in total. The van der Waals surface area contributed by atoms with E-state index in [1.54, 1.807) is 29.2 Å². The summed E-state index contributed by atoms with van der Waals surface area (Å²) in [5.41, 5.74) is 0.151. The number of nitrogens with zero attached hydrogens (tertiary/aromatic N) is 3. The largest absolute Gasteiger partial charge is 0.484 e. The zero-order valence-corrected chi connectivity index (χ0v) is 14.4. The van der Waals surface area contributed by atoms with Crippen molar-refractivity contribution < 1.29 is 14.3 Å². The highest BCUT2D eigenvalue weighted by molar-refractivity contribution is 5.82.